The second-order valence-electron chi connectivity index (χ2n) is 5.79. The Balaban J connectivity index is 2.72. The molecule has 1 saturated heterocycles. The number of hydrogen-bond donors (Lipinski definition) is 0. The molecule has 0 saturated carbocycles. The molecule has 0 bridgehead atoms. The summed E-state index contributed by atoms with van der Waals surface area (Å²) in [6, 6.07) is 0. The Bertz CT molecular complexity index is 507. The maximum absolute atomic E-state index is 13.0. The minimum absolute atomic E-state index is 0.0790. The van der Waals surface area contributed by atoms with Crippen molar-refractivity contribution in [1.82, 2.24) is 4.90 Å². The van der Waals surface area contributed by atoms with Crippen LogP contribution in [-0.4, -0.2) is 55.4 Å². The first-order valence-electron chi connectivity index (χ1n) is 6.74. The Kier molecular flexibility index (Phi) is 5.46. The van der Waals surface area contributed by atoms with E-state index in [2.05, 4.69) is 0 Å². The number of halogens is 5. The molecule has 1 aliphatic heterocycles. The topological polar surface area (TPSA) is 54.5 Å². The SMILES string of the molecule is CC(C)CS(=O)(=O)C1CCN(C(=O)C(F)(F)C(F)(F)F)CC1. The lowest BCUT2D eigenvalue weighted by Crippen LogP contribution is -2.54. The summed E-state index contributed by atoms with van der Waals surface area (Å²) in [6.07, 6.45) is -6.21. The lowest BCUT2D eigenvalue weighted by molar-refractivity contribution is -0.274. The van der Waals surface area contributed by atoms with Crippen LogP contribution in [0.25, 0.3) is 0 Å². The third-order valence-corrected chi connectivity index (χ3v) is 6.05. The minimum Gasteiger partial charge on any atom is -0.337 e. The molecular weight excluding hydrogens is 333 g/mol. The molecule has 22 heavy (non-hydrogen) atoms. The monoisotopic (exact) mass is 351 g/mol. The highest BCUT2D eigenvalue weighted by molar-refractivity contribution is 7.92. The molecule has 1 aliphatic rings. The molecule has 0 atom stereocenters. The molecular formula is C12H18F5NO3S. The first-order valence-corrected chi connectivity index (χ1v) is 8.46. The maximum atomic E-state index is 13.0. The molecule has 0 spiro atoms. The van der Waals surface area contributed by atoms with Crippen molar-refractivity contribution in [2.75, 3.05) is 18.8 Å². The molecule has 0 aromatic carbocycles. The van der Waals surface area contributed by atoms with Gasteiger partial charge >= 0.3 is 18.0 Å². The van der Waals surface area contributed by atoms with Crippen LogP contribution in [0.2, 0.25) is 0 Å². The normalized spacial score (nSPS) is 18.8. The summed E-state index contributed by atoms with van der Waals surface area (Å²) in [4.78, 5) is 11.7. The van der Waals surface area contributed by atoms with Crippen LogP contribution in [0.15, 0.2) is 0 Å². The van der Waals surface area contributed by atoms with Gasteiger partial charge in [-0.05, 0) is 18.8 Å². The van der Waals surface area contributed by atoms with Crippen LogP contribution in [-0.2, 0) is 14.6 Å². The van der Waals surface area contributed by atoms with Gasteiger partial charge in [-0.15, -0.1) is 0 Å². The quantitative estimate of drug-likeness (QED) is 0.730. The number of piperidine rings is 1. The van der Waals surface area contributed by atoms with Crippen molar-refractivity contribution in [3.63, 3.8) is 0 Å². The number of hydrogen-bond acceptors (Lipinski definition) is 3. The third-order valence-electron chi connectivity index (χ3n) is 3.43. The zero-order chi connectivity index (χ0) is 17.3. The molecule has 1 heterocycles. The highest BCUT2D eigenvalue weighted by atomic mass is 32.2. The lowest BCUT2D eigenvalue weighted by Gasteiger charge is -2.34. The molecule has 0 unspecified atom stereocenters. The zero-order valence-electron chi connectivity index (χ0n) is 12.2. The molecule has 0 aliphatic carbocycles. The van der Waals surface area contributed by atoms with E-state index in [0.717, 1.165) is 0 Å². The van der Waals surface area contributed by atoms with Crippen molar-refractivity contribution in [1.29, 1.82) is 0 Å². The van der Waals surface area contributed by atoms with Crippen LogP contribution in [0.1, 0.15) is 26.7 Å². The highest BCUT2D eigenvalue weighted by Gasteiger charge is 2.64. The molecule has 10 heteroatoms. The predicted molar refractivity (Wildman–Crippen MR) is 69.2 cm³/mol. The number of carbonyl (C=O) groups is 1. The van der Waals surface area contributed by atoms with Gasteiger partial charge in [-0.1, -0.05) is 13.8 Å². The van der Waals surface area contributed by atoms with E-state index in [1.165, 1.54) is 0 Å². The average molecular weight is 351 g/mol. The van der Waals surface area contributed by atoms with Crippen LogP contribution < -0.4 is 0 Å². The zero-order valence-corrected chi connectivity index (χ0v) is 13.0. The number of nitrogens with zero attached hydrogens (tertiary/aromatic N) is 1. The van der Waals surface area contributed by atoms with E-state index in [1.54, 1.807) is 13.8 Å². The summed E-state index contributed by atoms with van der Waals surface area (Å²) in [7, 11) is -3.44. The van der Waals surface area contributed by atoms with Gasteiger partial charge in [0.05, 0.1) is 11.0 Å². The lowest BCUT2D eigenvalue weighted by atomic mass is 10.1. The Hall–Kier alpha value is -0.930. The van der Waals surface area contributed by atoms with Crippen molar-refractivity contribution in [2.45, 2.75) is 44.0 Å². The second kappa shape index (κ2) is 6.29. The molecule has 4 nitrogen and oxygen atoms in total. The molecule has 0 radical (unpaired) electrons. The largest absolute Gasteiger partial charge is 0.463 e. The van der Waals surface area contributed by atoms with Crippen molar-refractivity contribution in [3.05, 3.63) is 0 Å². The van der Waals surface area contributed by atoms with Gasteiger partial charge in [0.2, 0.25) is 0 Å². The van der Waals surface area contributed by atoms with E-state index >= 15 is 0 Å². The highest BCUT2D eigenvalue weighted by Crippen LogP contribution is 2.37. The predicted octanol–water partition coefficient (Wildman–Crippen LogP) is 2.25. The smallest absolute Gasteiger partial charge is 0.337 e. The van der Waals surface area contributed by atoms with Crippen molar-refractivity contribution in [3.8, 4) is 0 Å². The van der Waals surface area contributed by atoms with Crippen LogP contribution in [0.3, 0.4) is 0 Å². The number of sulfone groups is 1. The molecule has 1 fully saturated rings. The summed E-state index contributed by atoms with van der Waals surface area (Å²) in [5.41, 5.74) is 0. The van der Waals surface area contributed by atoms with Crippen molar-refractivity contribution in [2.24, 2.45) is 5.92 Å². The van der Waals surface area contributed by atoms with Gasteiger partial charge in [-0.2, -0.15) is 22.0 Å². The molecule has 130 valence electrons. The fraction of sp³-hybridized carbons (Fsp3) is 0.917. The molecule has 0 N–H and O–H groups in total. The second-order valence-corrected chi connectivity index (χ2v) is 8.11. The van der Waals surface area contributed by atoms with Crippen LogP contribution >= 0.6 is 0 Å². The Morgan fingerprint density at radius 2 is 1.59 bits per heavy atom. The van der Waals surface area contributed by atoms with E-state index in [-0.39, 0.29) is 24.5 Å². The summed E-state index contributed by atoms with van der Waals surface area (Å²) >= 11 is 0. The molecule has 1 rings (SSSR count). The van der Waals surface area contributed by atoms with Crippen molar-refractivity contribution < 1.29 is 35.2 Å². The standard InChI is InChI=1S/C12H18F5NO3S/c1-8(2)7-22(20,21)9-3-5-18(6-4-9)10(19)11(13,14)12(15,16)17/h8-9H,3-7H2,1-2H3. The number of rotatable bonds is 4. The van der Waals surface area contributed by atoms with Gasteiger partial charge in [0, 0.05) is 13.1 Å². The van der Waals surface area contributed by atoms with Gasteiger partial charge in [-0.25, -0.2) is 8.42 Å². The first kappa shape index (κ1) is 19.1. The van der Waals surface area contributed by atoms with Gasteiger partial charge in [0.15, 0.2) is 9.84 Å². The van der Waals surface area contributed by atoms with Crippen LogP contribution in [0.5, 0.6) is 0 Å². The van der Waals surface area contributed by atoms with E-state index in [9.17, 15) is 35.2 Å². The van der Waals surface area contributed by atoms with Crippen LogP contribution in [0, 0.1) is 5.92 Å². The molecule has 0 aromatic rings. The Morgan fingerprint density at radius 3 is 1.95 bits per heavy atom. The Labute approximate surface area is 125 Å². The summed E-state index contributed by atoms with van der Waals surface area (Å²) in [6.45, 7) is 2.57. The first-order chi connectivity index (χ1) is 9.79. The average Bonchev–Trinajstić information content (AvgIpc) is 2.35. The summed E-state index contributed by atoms with van der Waals surface area (Å²) in [5.74, 6) is -7.96. The van der Waals surface area contributed by atoms with Gasteiger partial charge in [0.25, 0.3) is 0 Å². The molecule has 0 aromatic heterocycles. The fourth-order valence-electron chi connectivity index (χ4n) is 2.34. The fourth-order valence-corrected chi connectivity index (χ4v) is 4.47. The Morgan fingerprint density at radius 1 is 1.14 bits per heavy atom. The van der Waals surface area contributed by atoms with Crippen LogP contribution in [0.4, 0.5) is 22.0 Å². The van der Waals surface area contributed by atoms with Gasteiger partial charge in [-0.3, -0.25) is 4.79 Å². The van der Waals surface area contributed by atoms with E-state index in [4.69, 9.17) is 0 Å². The minimum atomic E-state index is -5.95. The summed E-state index contributed by atoms with van der Waals surface area (Å²) < 4.78 is 86.4. The number of likely N-dealkylation sites (tertiary alicyclic amines) is 1. The van der Waals surface area contributed by atoms with E-state index < -0.39 is 46.2 Å². The van der Waals surface area contributed by atoms with Crippen molar-refractivity contribution >= 4 is 15.7 Å². The molecule has 1 amide bonds. The van der Waals surface area contributed by atoms with Gasteiger partial charge < -0.3 is 4.90 Å². The summed E-state index contributed by atoms with van der Waals surface area (Å²) in [5, 5.41) is -0.807. The maximum Gasteiger partial charge on any atom is 0.463 e. The number of carbonyl (C=O) groups excluding carboxylic acids is 1. The van der Waals surface area contributed by atoms with Gasteiger partial charge in [0.1, 0.15) is 0 Å². The van der Waals surface area contributed by atoms with E-state index in [1.807, 2.05) is 0 Å². The number of alkyl halides is 5. The third kappa shape index (κ3) is 4.08. The van der Waals surface area contributed by atoms with E-state index in [0.29, 0.717) is 4.90 Å². The number of amides is 1.